The Morgan fingerprint density at radius 1 is 1.21 bits per heavy atom. The molecular formula is C15H34N2O2. The number of rotatable bonds is 7. The molecule has 0 aromatic heterocycles. The van der Waals surface area contributed by atoms with Gasteiger partial charge in [-0.2, -0.15) is 0 Å². The van der Waals surface area contributed by atoms with E-state index in [9.17, 15) is 4.79 Å². The molecule has 0 saturated heterocycles. The number of ether oxygens (including phenoxy) is 1. The minimum absolute atomic E-state index is 0.01000. The molecule has 0 fully saturated rings. The molecule has 4 heteroatoms. The number of hydrogen-bond acceptors (Lipinski definition) is 4. The SMILES string of the molecule is CNC(C)CNC(C=O)CC(C)C.COC(C)(C)C. The second-order valence-electron chi connectivity index (χ2n) is 6.29. The van der Waals surface area contributed by atoms with Crippen LogP contribution in [0.2, 0.25) is 0 Å². The number of likely N-dealkylation sites (N-methyl/N-ethyl adjacent to an activating group) is 1. The van der Waals surface area contributed by atoms with Crippen LogP contribution in [0.4, 0.5) is 0 Å². The van der Waals surface area contributed by atoms with Gasteiger partial charge in [0.25, 0.3) is 0 Å². The fourth-order valence-corrected chi connectivity index (χ4v) is 1.13. The summed E-state index contributed by atoms with van der Waals surface area (Å²) in [6.07, 6.45) is 1.92. The van der Waals surface area contributed by atoms with Gasteiger partial charge in [0.1, 0.15) is 6.29 Å². The molecule has 0 saturated carbocycles. The average Bonchev–Trinajstić information content (AvgIpc) is 2.33. The third kappa shape index (κ3) is 17.6. The Morgan fingerprint density at radius 2 is 1.68 bits per heavy atom. The molecule has 19 heavy (non-hydrogen) atoms. The molecule has 0 amide bonds. The van der Waals surface area contributed by atoms with Crippen molar-refractivity contribution in [2.24, 2.45) is 5.92 Å². The smallest absolute Gasteiger partial charge is 0.136 e. The summed E-state index contributed by atoms with van der Waals surface area (Å²) in [5.74, 6) is 0.563. The first kappa shape index (κ1) is 20.9. The Morgan fingerprint density at radius 3 is 1.95 bits per heavy atom. The molecule has 0 rings (SSSR count). The zero-order valence-corrected chi connectivity index (χ0v) is 14.0. The van der Waals surface area contributed by atoms with E-state index in [0.717, 1.165) is 19.3 Å². The maximum Gasteiger partial charge on any atom is 0.136 e. The van der Waals surface area contributed by atoms with Crippen molar-refractivity contribution in [3.05, 3.63) is 0 Å². The molecule has 4 nitrogen and oxygen atoms in total. The van der Waals surface area contributed by atoms with Gasteiger partial charge < -0.3 is 20.2 Å². The summed E-state index contributed by atoms with van der Waals surface area (Å²) < 4.78 is 4.94. The van der Waals surface area contributed by atoms with Gasteiger partial charge in [0.05, 0.1) is 11.6 Å². The molecule has 116 valence electrons. The van der Waals surface area contributed by atoms with E-state index in [1.54, 1.807) is 7.11 Å². The molecule has 0 spiro atoms. The van der Waals surface area contributed by atoms with E-state index in [-0.39, 0.29) is 11.6 Å². The Kier molecular flexibility index (Phi) is 12.5. The van der Waals surface area contributed by atoms with Crippen LogP contribution in [0.25, 0.3) is 0 Å². The van der Waals surface area contributed by atoms with E-state index in [0.29, 0.717) is 12.0 Å². The van der Waals surface area contributed by atoms with Gasteiger partial charge in [-0.05, 0) is 47.1 Å². The largest absolute Gasteiger partial charge is 0.379 e. The van der Waals surface area contributed by atoms with Gasteiger partial charge in [-0.25, -0.2) is 0 Å². The summed E-state index contributed by atoms with van der Waals surface area (Å²) in [5, 5.41) is 6.34. The van der Waals surface area contributed by atoms with E-state index in [1.807, 2.05) is 27.8 Å². The monoisotopic (exact) mass is 274 g/mol. The zero-order chi connectivity index (χ0) is 15.5. The summed E-state index contributed by atoms with van der Waals surface area (Å²) in [7, 11) is 3.63. The van der Waals surface area contributed by atoms with Crippen LogP contribution >= 0.6 is 0 Å². The quantitative estimate of drug-likeness (QED) is 0.699. The van der Waals surface area contributed by atoms with Crippen molar-refractivity contribution in [2.75, 3.05) is 20.7 Å². The highest BCUT2D eigenvalue weighted by molar-refractivity contribution is 5.57. The van der Waals surface area contributed by atoms with Crippen LogP contribution in [0.1, 0.15) is 48.0 Å². The summed E-state index contributed by atoms with van der Waals surface area (Å²) in [4.78, 5) is 10.7. The van der Waals surface area contributed by atoms with Gasteiger partial charge in [0.15, 0.2) is 0 Å². The highest BCUT2D eigenvalue weighted by atomic mass is 16.5. The van der Waals surface area contributed by atoms with Crippen LogP contribution in [0.15, 0.2) is 0 Å². The summed E-state index contributed by atoms with van der Waals surface area (Å²) in [6, 6.07) is 0.422. The number of methoxy groups -OCH3 is 1. The van der Waals surface area contributed by atoms with Crippen LogP contribution in [0, 0.1) is 5.92 Å². The summed E-state index contributed by atoms with van der Waals surface area (Å²) >= 11 is 0. The molecule has 2 unspecified atom stereocenters. The Balaban J connectivity index is 0. The number of carbonyl (C=O) groups is 1. The van der Waals surface area contributed by atoms with Crippen LogP contribution in [0.3, 0.4) is 0 Å². The lowest BCUT2D eigenvalue weighted by Crippen LogP contribution is -2.40. The van der Waals surface area contributed by atoms with Crippen molar-refractivity contribution in [1.29, 1.82) is 0 Å². The summed E-state index contributed by atoms with van der Waals surface area (Å²) in [5.41, 5.74) is 0.0417. The van der Waals surface area contributed by atoms with Gasteiger partial charge >= 0.3 is 0 Å². The van der Waals surface area contributed by atoms with Gasteiger partial charge in [-0.1, -0.05) is 13.8 Å². The van der Waals surface area contributed by atoms with Crippen molar-refractivity contribution >= 4 is 6.29 Å². The fourth-order valence-electron chi connectivity index (χ4n) is 1.13. The van der Waals surface area contributed by atoms with E-state index in [1.165, 1.54) is 0 Å². The van der Waals surface area contributed by atoms with Crippen LogP contribution in [-0.4, -0.2) is 44.7 Å². The van der Waals surface area contributed by atoms with Crippen molar-refractivity contribution in [1.82, 2.24) is 10.6 Å². The maximum absolute atomic E-state index is 10.7. The van der Waals surface area contributed by atoms with Crippen LogP contribution < -0.4 is 10.6 Å². The van der Waals surface area contributed by atoms with E-state index >= 15 is 0 Å². The Labute approximate surface area is 119 Å². The molecule has 2 atom stereocenters. The topological polar surface area (TPSA) is 50.4 Å². The summed E-state index contributed by atoms with van der Waals surface area (Å²) in [6.45, 7) is 13.2. The van der Waals surface area contributed by atoms with Gasteiger partial charge in [-0.15, -0.1) is 0 Å². The van der Waals surface area contributed by atoms with Crippen molar-refractivity contribution in [2.45, 2.75) is 65.6 Å². The normalized spacial score (nSPS) is 14.6. The van der Waals surface area contributed by atoms with Crippen LogP contribution in [-0.2, 0) is 9.53 Å². The number of aldehydes is 1. The predicted octanol–water partition coefficient (Wildman–Crippen LogP) is 2.23. The van der Waals surface area contributed by atoms with Gasteiger partial charge in [-0.3, -0.25) is 0 Å². The second-order valence-corrected chi connectivity index (χ2v) is 6.29. The lowest BCUT2D eigenvalue weighted by Gasteiger charge is -2.17. The number of nitrogens with one attached hydrogen (secondary N) is 2. The maximum atomic E-state index is 10.7. The first-order valence-corrected chi connectivity index (χ1v) is 7.07. The van der Waals surface area contributed by atoms with Crippen LogP contribution in [0.5, 0.6) is 0 Å². The Hall–Kier alpha value is -0.450. The third-order valence-electron chi connectivity index (χ3n) is 2.68. The van der Waals surface area contributed by atoms with Crippen molar-refractivity contribution < 1.29 is 9.53 Å². The molecule has 0 aliphatic carbocycles. The molecule has 2 N–H and O–H groups in total. The Bertz CT molecular complexity index is 213. The first-order valence-electron chi connectivity index (χ1n) is 7.07. The average molecular weight is 274 g/mol. The van der Waals surface area contributed by atoms with Crippen molar-refractivity contribution in [3.63, 3.8) is 0 Å². The molecule has 0 heterocycles. The minimum Gasteiger partial charge on any atom is -0.379 e. The molecule has 0 bridgehead atoms. The van der Waals surface area contributed by atoms with Crippen molar-refractivity contribution in [3.8, 4) is 0 Å². The molecular weight excluding hydrogens is 240 g/mol. The molecule has 0 aliphatic heterocycles. The lowest BCUT2D eigenvalue weighted by atomic mass is 10.0. The second kappa shape index (κ2) is 11.4. The molecule has 0 radical (unpaired) electrons. The van der Waals surface area contributed by atoms with E-state index in [2.05, 4.69) is 31.4 Å². The van der Waals surface area contributed by atoms with E-state index in [4.69, 9.17) is 4.74 Å². The molecule has 0 aromatic carbocycles. The standard InChI is InChI=1S/C10H22N2O.C5H12O/c1-8(2)5-10(7-13)12-6-9(3)11-4;1-5(2,3)6-4/h7-12H,5-6H2,1-4H3;1-4H3. The van der Waals surface area contributed by atoms with E-state index < -0.39 is 0 Å². The predicted molar refractivity (Wildman–Crippen MR) is 82.6 cm³/mol. The third-order valence-corrected chi connectivity index (χ3v) is 2.68. The highest BCUT2D eigenvalue weighted by Gasteiger charge is 2.09. The number of carbonyl (C=O) groups excluding carboxylic acids is 1. The van der Waals surface area contributed by atoms with Gasteiger partial charge in [0.2, 0.25) is 0 Å². The highest BCUT2D eigenvalue weighted by Crippen LogP contribution is 2.02. The minimum atomic E-state index is 0.01000. The fraction of sp³-hybridized carbons (Fsp3) is 0.933. The molecule has 0 aromatic rings. The van der Waals surface area contributed by atoms with Gasteiger partial charge in [0, 0.05) is 19.7 Å². The zero-order valence-electron chi connectivity index (χ0n) is 14.0. The first-order chi connectivity index (χ1) is 8.66. The lowest BCUT2D eigenvalue weighted by molar-refractivity contribution is -0.109. The molecule has 0 aliphatic rings. The number of hydrogen-bond donors (Lipinski definition) is 2.